The highest BCUT2D eigenvalue weighted by atomic mass is 16.5. The summed E-state index contributed by atoms with van der Waals surface area (Å²) in [5, 5.41) is 0. The maximum Gasteiger partial charge on any atom is 0.258 e. The first-order chi connectivity index (χ1) is 11.1. The number of ether oxygens (including phenoxy) is 2. The first-order valence-corrected chi connectivity index (χ1v) is 7.84. The average molecular weight is 311 g/mol. The molecule has 1 aliphatic rings. The summed E-state index contributed by atoms with van der Waals surface area (Å²) in [6, 6.07) is 13.4. The van der Waals surface area contributed by atoms with E-state index in [-0.39, 0.29) is 12.0 Å². The van der Waals surface area contributed by atoms with Crippen LogP contribution in [-0.4, -0.2) is 25.7 Å². The van der Waals surface area contributed by atoms with E-state index in [4.69, 9.17) is 9.47 Å². The normalized spacial score (nSPS) is 13.1. The quantitative estimate of drug-likeness (QED) is 0.864. The molecule has 1 aliphatic heterocycles. The smallest absolute Gasteiger partial charge is 0.258 e. The highest BCUT2D eigenvalue weighted by molar-refractivity contribution is 6.07. The molecule has 0 saturated carbocycles. The average Bonchev–Trinajstić information content (AvgIpc) is 2.98. The Bertz CT molecular complexity index is 724. The summed E-state index contributed by atoms with van der Waals surface area (Å²) in [6.07, 6.45) is 0.948. The van der Waals surface area contributed by atoms with Crippen LogP contribution in [0.5, 0.6) is 11.5 Å². The van der Waals surface area contributed by atoms with Gasteiger partial charge in [-0.25, -0.2) is 0 Å². The SMILES string of the molecule is COc1cc(C(=O)N2CCc3ccccc32)ccc1OC(C)C. The maximum absolute atomic E-state index is 12.8. The number of rotatable bonds is 4. The van der Waals surface area contributed by atoms with E-state index in [2.05, 4.69) is 6.07 Å². The molecule has 0 aliphatic carbocycles. The van der Waals surface area contributed by atoms with Gasteiger partial charge in [0.25, 0.3) is 5.91 Å². The van der Waals surface area contributed by atoms with Gasteiger partial charge in [0.05, 0.1) is 13.2 Å². The number of fused-ring (bicyclic) bond motifs is 1. The van der Waals surface area contributed by atoms with Gasteiger partial charge in [-0.3, -0.25) is 4.79 Å². The molecule has 0 saturated heterocycles. The Morgan fingerprint density at radius 3 is 2.65 bits per heavy atom. The molecule has 0 spiro atoms. The van der Waals surface area contributed by atoms with Crippen LogP contribution >= 0.6 is 0 Å². The van der Waals surface area contributed by atoms with Crippen molar-refractivity contribution in [3.8, 4) is 11.5 Å². The fourth-order valence-corrected chi connectivity index (χ4v) is 2.86. The lowest BCUT2D eigenvalue weighted by molar-refractivity contribution is 0.0989. The number of methoxy groups -OCH3 is 1. The molecule has 0 bridgehead atoms. The predicted molar refractivity (Wildman–Crippen MR) is 90.6 cm³/mol. The zero-order chi connectivity index (χ0) is 16.4. The predicted octanol–water partition coefficient (Wildman–Crippen LogP) is 3.69. The summed E-state index contributed by atoms with van der Waals surface area (Å²) in [5.74, 6) is 1.22. The molecule has 1 amide bonds. The van der Waals surface area contributed by atoms with Crippen molar-refractivity contribution >= 4 is 11.6 Å². The molecule has 0 radical (unpaired) electrons. The molecular weight excluding hydrogens is 290 g/mol. The Labute approximate surface area is 136 Å². The molecule has 0 N–H and O–H groups in total. The van der Waals surface area contributed by atoms with Crippen molar-refractivity contribution in [1.29, 1.82) is 0 Å². The molecule has 4 heteroatoms. The Morgan fingerprint density at radius 1 is 1.13 bits per heavy atom. The van der Waals surface area contributed by atoms with Crippen LogP contribution in [0.25, 0.3) is 0 Å². The summed E-state index contributed by atoms with van der Waals surface area (Å²) in [7, 11) is 1.59. The second kappa shape index (κ2) is 6.32. The van der Waals surface area contributed by atoms with E-state index in [1.54, 1.807) is 25.3 Å². The fraction of sp³-hybridized carbons (Fsp3) is 0.316. The lowest BCUT2D eigenvalue weighted by Gasteiger charge is -2.19. The van der Waals surface area contributed by atoms with Gasteiger partial charge in [0.2, 0.25) is 0 Å². The van der Waals surface area contributed by atoms with E-state index in [0.29, 0.717) is 23.6 Å². The fourth-order valence-electron chi connectivity index (χ4n) is 2.86. The number of carbonyl (C=O) groups is 1. The number of para-hydroxylation sites is 1. The van der Waals surface area contributed by atoms with Gasteiger partial charge >= 0.3 is 0 Å². The lowest BCUT2D eigenvalue weighted by Crippen LogP contribution is -2.28. The van der Waals surface area contributed by atoms with Gasteiger partial charge in [-0.1, -0.05) is 18.2 Å². The molecule has 0 fully saturated rings. The molecule has 2 aromatic rings. The van der Waals surface area contributed by atoms with Crippen LogP contribution in [0.1, 0.15) is 29.8 Å². The molecule has 2 aromatic carbocycles. The Hall–Kier alpha value is -2.49. The maximum atomic E-state index is 12.8. The van der Waals surface area contributed by atoms with Crippen LogP contribution in [0.3, 0.4) is 0 Å². The van der Waals surface area contributed by atoms with Gasteiger partial charge in [0.15, 0.2) is 11.5 Å². The number of carbonyl (C=O) groups excluding carboxylic acids is 1. The van der Waals surface area contributed by atoms with E-state index >= 15 is 0 Å². The van der Waals surface area contributed by atoms with Crippen LogP contribution in [0.15, 0.2) is 42.5 Å². The van der Waals surface area contributed by atoms with Crippen molar-refractivity contribution in [2.45, 2.75) is 26.4 Å². The number of amides is 1. The molecule has 4 nitrogen and oxygen atoms in total. The molecule has 23 heavy (non-hydrogen) atoms. The molecular formula is C19H21NO3. The van der Waals surface area contributed by atoms with E-state index in [1.807, 2.05) is 36.9 Å². The van der Waals surface area contributed by atoms with Gasteiger partial charge in [0.1, 0.15) is 0 Å². The van der Waals surface area contributed by atoms with E-state index < -0.39 is 0 Å². The third-order valence-corrected chi connectivity index (χ3v) is 3.91. The number of nitrogens with zero attached hydrogens (tertiary/aromatic N) is 1. The van der Waals surface area contributed by atoms with Gasteiger partial charge < -0.3 is 14.4 Å². The van der Waals surface area contributed by atoms with Crippen LogP contribution < -0.4 is 14.4 Å². The van der Waals surface area contributed by atoms with Crippen molar-refractivity contribution in [1.82, 2.24) is 0 Å². The van der Waals surface area contributed by atoms with Gasteiger partial charge in [-0.05, 0) is 50.1 Å². The minimum atomic E-state index is -0.00986. The highest BCUT2D eigenvalue weighted by Crippen LogP contribution is 2.32. The molecule has 0 atom stereocenters. The van der Waals surface area contributed by atoms with E-state index in [9.17, 15) is 4.79 Å². The van der Waals surface area contributed by atoms with Gasteiger partial charge in [-0.15, -0.1) is 0 Å². The largest absolute Gasteiger partial charge is 0.493 e. The second-order valence-corrected chi connectivity index (χ2v) is 5.87. The Balaban J connectivity index is 1.89. The molecule has 0 aromatic heterocycles. The summed E-state index contributed by atoms with van der Waals surface area (Å²) >= 11 is 0. The first kappa shape index (κ1) is 15.4. The van der Waals surface area contributed by atoms with Crippen molar-refractivity contribution in [3.05, 3.63) is 53.6 Å². The summed E-state index contributed by atoms with van der Waals surface area (Å²) in [4.78, 5) is 14.7. The van der Waals surface area contributed by atoms with Crippen LogP contribution in [0, 0.1) is 0 Å². The monoisotopic (exact) mass is 311 g/mol. The van der Waals surface area contributed by atoms with Crippen LogP contribution in [-0.2, 0) is 6.42 Å². The minimum absolute atomic E-state index is 0.00986. The summed E-state index contributed by atoms with van der Waals surface area (Å²) in [5.41, 5.74) is 2.82. The summed E-state index contributed by atoms with van der Waals surface area (Å²) < 4.78 is 11.1. The minimum Gasteiger partial charge on any atom is -0.493 e. The van der Waals surface area contributed by atoms with Crippen LogP contribution in [0.2, 0.25) is 0 Å². The van der Waals surface area contributed by atoms with Crippen molar-refractivity contribution in [2.75, 3.05) is 18.6 Å². The Morgan fingerprint density at radius 2 is 1.91 bits per heavy atom. The summed E-state index contributed by atoms with van der Waals surface area (Å²) in [6.45, 7) is 4.63. The number of benzene rings is 2. The first-order valence-electron chi connectivity index (χ1n) is 7.84. The number of anilines is 1. The number of hydrogen-bond acceptors (Lipinski definition) is 3. The van der Waals surface area contributed by atoms with Crippen molar-refractivity contribution in [3.63, 3.8) is 0 Å². The third-order valence-electron chi connectivity index (χ3n) is 3.91. The molecule has 120 valence electrons. The third kappa shape index (κ3) is 3.02. The standard InChI is InChI=1S/C19H21NO3/c1-13(2)23-17-9-8-15(12-18(17)22-3)19(21)20-11-10-14-6-4-5-7-16(14)20/h4-9,12-13H,10-11H2,1-3H3. The van der Waals surface area contributed by atoms with E-state index in [1.165, 1.54) is 5.56 Å². The molecule has 3 rings (SSSR count). The Kier molecular flexibility index (Phi) is 4.24. The molecule has 1 heterocycles. The van der Waals surface area contributed by atoms with Gasteiger partial charge in [0, 0.05) is 17.8 Å². The van der Waals surface area contributed by atoms with E-state index in [0.717, 1.165) is 12.1 Å². The highest BCUT2D eigenvalue weighted by Gasteiger charge is 2.25. The topological polar surface area (TPSA) is 38.8 Å². The van der Waals surface area contributed by atoms with Crippen molar-refractivity contribution < 1.29 is 14.3 Å². The lowest BCUT2D eigenvalue weighted by atomic mass is 10.1. The zero-order valence-corrected chi connectivity index (χ0v) is 13.7. The van der Waals surface area contributed by atoms with Gasteiger partial charge in [-0.2, -0.15) is 0 Å². The molecule has 0 unspecified atom stereocenters. The zero-order valence-electron chi connectivity index (χ0n) is 13.7. The second-order valence-electron chi connectivity index (χ2n) is 5.87. The van der Waals surface area contributed by atoms with Crippen LogP contribution in [0.4, 0.5) is 5.69 Å². The van der Waals surface area contributed by atoms with Crippen molar-refractivity contribution in [2.24, 2.45) is 0 Å². The number of hydrogen-bond donors (Lipinski definition) is 0.